The lowest BCUT2D eigenvalue weighted by molar-refractivity contribution is 0.212. The van der Waals surface area contributed by atoms with Crippen LogP contribution in [0.3, 0.4) is 0 Å². The van der Waals surface area contributed by atoms with Crippen LogP contribution in [0.25, 0.3) is 0 Å². The van der Waals surface area contributed by atoms with Crippen molar-refractivity contribution in [1.82, 2.24) is 9.47 Å². The number of nitrogens with zero attached hydrogens (tertiary/aromatic N) is 2. The Morgan fingerprint density at radius 3 is 2.52 bits per heavy atom. The quantitative estimate of drug-likeness (QED) is 0.854. The van der Waals surface area contributed by atoms with E-state index in [2.05, 4.69) is 0 Å². The molecule has 2 rings (SSSR count). The van der Waals surface area contributed by atoms with Crippen LogP contribution in [-0.2, 0) is 6.54 Å². The molecule has 0 saturated carbocycles. The zero-order chi connectivity index (χ0) is 17.0. The lowest BCUT2D eigenvalue weighted by Crippen LogP contribution is -2.27. The van der Waals surface area contributed by atoms with Gasteiger partial charge in [-0.05, 0) is 26.5 Å². The number of aliphatic hydroxyl groups is 1. The maximum Gasteiger partial charge on any atom is 0.223 e. The van der Waals surface area contributed by atoms with Crippen molar-refractivity contribution in [2.24, 2.45) is 0 Å². The molecule has 5 nitrogen and oxygen atoms in total. The highest BCUT2D eigenvalue weighted by Gasteiger charge is 2.19. The fourth-order valence-corrected chi connectivity index (χ4v) is 2.87. The molecule has 0 spiro atoms. The van der Waals surface area contributed by atoms with Crippen molar-refractivity contribution >= 4 is 0 Å². The molecule has 5 heteroatoms. The average Bonchev–Trinajstić information content (AvgIpc) is 2.53. The predicted octanol–water partition coefficient (Wildman–Crippen LogP) is 1.90. The summed E-state index contributed by atoms with van der Waals surface area (Å²) in [6.07, 6.45) is 0. The third-order valence-electron chi connectivity index (χ3n) is 4.09. The number of likely N-dealkylation sites (N-methyl/N-ethyl adjacent to an activating group) is 1. The summed E-state index contributed by atoms with van der Waals surface area (Å²) in [5.74, 6) is -0.219. The summed E-state index contributed by atoms with van der Waals surface area (Å²) >= 11 is 0. The largest absolute Gasteiger partial charge is 0.503 e. The van der Waals surface area contributed by atoms with Gasteiger partial charge in [-0.25, -0.2) is 0 Å². The second-order valence-corrected chi connectivity index (χ2v) is 5.86. The molecule has 2 N–H and O–H groups in total. The van der Waals surface area contributed by atoms with Crippen molar-refractivity contribution in [3.8, 4) is 5.75 Å². The first-order chi connectivity index (χ1) is 11.0. The maximum absolute atomic E-state index is 12.0. The van der Waals surface area contributed by atoms with Gasteiger partial charge in [-0.1, -0.05) is 30.3 Å². The van der Waals surface area contributed by atoms with Crippen LogP contribution in [0.2, 0.25) is 0 Å². The van der Waals surface area contributed by atoms with Gasteiger partial charge in [-0.15, -0.1) is 0 Å². The second kappa shape index (κ2) is 7.44. The Morgan fingerprint density at radius 2 is 1.91 bits per heavy atom. The molecule has 1 aromatic heterocycles. The standard InChI is InChI=1S/C18H24N2O3/c1-13-11-17(22)18(23)16(12-19(3)9-10-21)20(13)14(2)15-7-5-4-6-8-15/h4-8,11,14,21,23H,9-10,12H2,1-3H3. The number of hydrogen-bond acceptors (Lipinski definition) is 4. The Hall–Kier alpha value is -2.11. The monoisotopic (exact) mass is 316 g/mol. The van der Waals surface area contributed by atoms with E-state index in [1.807, 2.05) is 60.7 Å². The van der Waals surface area contributed by atoms with E-state index in [0.717, 1.165) is 11.3 Å². The van der Waals surface area contributed by atoms with Gasteiger partial charge in [0.2, 0.25) is 5.43 Å². The van der Waals surface area contributed by atoms with Gasteiger partial charge in [0.25, 0.3) is 0 Å². The number of hydrogen-bond donors (Lipinski definition) is 2. The first-order valence-electron chi connectivity index (χ1n) is 7.74. The first-order valence-corrected chi connectivity index (χ1v) is 7.74. The molecule has 124 valence electrons. The van der Waals surface area contributed by atoms with Crippen LogP contribution in [0.1, 0.15) is 29.9 Å². The van der Waals surface area contributed by atoms with Crippen LogP contribution in [0.5, 0.6) is 5.75 Å². The van der Waals surface area contributed by atoms with Gasteiger partial charge in [-0.2, -0.15) is 0 Å². The molecule has 0 amide bonds. The summed E-state index contributed by atoms with van der Waals surface area (Å²) in [7, 11) is 1.85. The van der Waals surface area contributed by atoms with E-state index in [1.54, 1.807) is 0 Å². The van der Waals surface area contributed by atoms with Crippen molar-refractivity contribution in [3.05, 3.63) is 63.6 Å². The van der Waals surface area contributed by atoms with Gasteiger partial charge < -0.3 is 14.8 Å². The highest BCUT2D eigenvalue weighted by Crippen LogP contribution is 2.25. The van der Waals surface area contributed by atoms with Crippen molar-refractivity contribution < 1.29 is 10.2 Å². The lowest BCUT2D eigenvalue weighted by atomic mass is 10.1. The number of rotatable bonds is 6. The van der Waals surface area contributed by atoms with Gasteiger partial charge in [0.1, 0.15) is 0 Å². The molecule has 1 unspecified atom stereocenters. The Bertz CT molecular complexity index is 710. The number of aromatic hydroxyl groups is 1. The van der Waals surface area contributed by atoms with E-state index in [4.69, 9.17) is 5.11 Å². The maximum atomic E-state index is 12.0. The van der Waals surface area contributed by atoms with Crippen LogP contribution in [0, 0.1) is 6.92 Å². The van der Waals surface area contributed by atoms with E-state index < -0.39 is 0 Å². The Morgan fingerprint density at radius 1 is 1.26 bits per heavy atom. The number of aliphatic hydroxyl groups excluding tert-OH is 1. The highest BCUT2D eigenvalue weighted by molar-refractivity contribution is 5.32. The molecule has 1 heterocycles. The van der Waals surface area contributed by atoms with Crippen LogP contribution in [0.4, 0.5) is 0 Å². The molecule has 0 fully saturated rings. The Balaban J connectivity index is 2.53. The molecule has 0 aliphatic rings. The SMILES string of the molecule is Cc1cc(=O)c(O)c(CN(C)CCO)n1C(C)c1ccccc1. The molecule has 0 saturated heterocycles. The van der Waals surface area contributed by atoms with E-state index >= 15 is 0 Å². The number of pyridine rings is 1. The summed E-state index contributed by atoms with van der Waals surface area (Å²) in [5, 5.41) is 19.4. The number of aryl methyl sites for hydroxylation is 1. The van der Waals surface area contributed by atoms with Gasteiger partial charge in [0.05, 0.1) is 18.3 Å². The Kier molecular flexibility index (Phi) is 5.58. The highest BCUT2D eigenvalue weighted by atomic mass is 16.3. The molecule has 2 aromatic rings. The fourth-order valence-electron chi connectivity index (χ4n) is 2.87. The first kappa shape index (κ1) is 17.2. The van der Waals surface area contributed by atoms with E-state index in [1.165, 1.54) is 6.07 Å². The van der Waals surface area contributed by atoms with Gasteiger partial charge in [0.15, 0.2) is 5.75 Å². The molecule has 1 atom stereocenters. The number of aromatic nitrogens is 1. The third kappa shape index (κ3) is 3.81. The minimum Gasteiger partial charge on any atom is -0.503 e. The van der Waals surface area contributed by atoms with Crippen LogP contribution >= 0.6 is 0 Å². The molecule has 0 radical (unpaired) electrons. The molecule has 1 aromatic carbocycles. The predicted molar refractivity (Wildman–Crippen MR) is 90.8 cm³/mol. The molecule has 0 bridgehead atoms. The molecule has 0 aliphatic carbocycles. The van der Waals surface area contributed by atoms with Crippen LogP contribution < -0.4 is 5.43 Å². The smallest absolute Gasteiger partial charge is 0.223 e. The third-order valence-corrected chi connectivity index (χ3v) is 4.09. The summed E-state index contributed by atoms with van der Waals surface area (Å²) in [6, 6.07) is 11.4. The van der Waals surface area contributed by atoms with Crippen molar-refractivity contribution in [2.75, 3.05) is 20.2 Å². The summed E-state index contributed by atoms with van der Waals surface area (Å²) in [4.78, 5) is 13.9. The van der Waals surface area contributed by atoms with Crippen molar-refractivity contribution in [3.63, 3.8) is 0 Å². The average molecular weight is 316 g/mol. The van der Waals surface area contributed by atoms with Gasteiger partial charge in [-0.3, -0.25) is 9.69 Å². The Labute approximate surface area is 136 Å². The zero-order valence-electron chi connectivity index (χ0n) is 13.9. The topological polar surface area (TPSA) is 65.7 Å². The molecular weight excluding hydrogens is 292 g/mol. The molecule has 23 heavy (non-hydrogen) atoms. The summed E-state index contributed by atoms with van der Waals surface area (Å²) < 4.78 is 1.99. The number of benzene rings is 1. The van der Waals surface area contributed by atoms with Gasteiger partial charge in [0, 0.05) is 24.8 Å². The minimum atomic E-state index is -0.369. The normalized spacial score (nSPS) is 12.6. The minimum absolute atomic E-state index is 0.0137. The van der Waals surface area contributed by atoms with E-state index in [-0.39, 0.29) is 23.8 Å². The molecule has 0 aliphatic heterocycles. The lowest BCUT2D eigenvalue weighted by Gasteiger charge is -2.27. The summed E-state index contributed by atoms with van der Waals surface area (Å²) in [5.41, 5.74) is 2.11. The summed E-state index contributed by atoms with van der Waals surface area (Å²) in [6.45, 7) is 4.81. The van der Waals surface area contributed by atoms with Crippen LogP contribution in [-0.4, -0.2) is 39.9 Å². The van der Waals surface area contributed by atoms with Crippen molar-refractivity contribution in [2.45, 2.75) is 26.4 Å². The van der Waals surface area contributed by atoms with Crippen LogP contribution in [0.15, 0.2) is 41.2 Å². The van der Waals surface area contributed by atoms with E-state index in [9.17, 15) is 9.90 Å². The fraction of sp³-hybridized carbons (Fsp3) is 0.389. The zero-order valence-corrected chi connectivity index (χ0v) is 13.9. The van der Waals surface area contributed by atoms with Crippen molar-refractivity contribution in [1.29, 1.82) is 0 Å². The molecular formula is C18H24N2O3. The van der Waals surface area contributed by atoms with Gasteiger partial charge >= 0.3 is 0 Å². The second-order valence-electron chi connectivity index (χ2n) is 5.86. The van der Waals surface area contributed by atoms with E-state index in [0.29, 0.717) is 18.8 Å².